The normalized spacial score (nSPS) is 11.6. The van der Waals surface area contributed by atoms with Crippen LogP contribution in [-0.2, 0) is 4.79 Å². The summed E-state index contributed by atoms with van der Waals surface area (Å²) in [5, 5.41) is 21.2. The van der Waals surface area contributed by atoms with Crippen molar-refractivity contribution >= 4 is 29.0 Å². The fraction of sp³-hybridized carbons (Fsp3) is 0.167. The van der Waals surface area contributed by atoms with Crippen LogP contribution in [0, 0.1) is 10.1 Å². The molecule has 1 heterocycles. The number of amides is 1. The van der Waals surface area contributed by atoms with Gasteiger partial charge in [0.05, 0.1) is 29.0 Å². The van der Waals surface area contributed by atoms with Crippen LogP contribution in [0.25, 0.3) is 11.5 Å². The molecule has 0 fully saturated rings. The van der Waals surface area contributed by atoms with Gasteiger partial charge < -0.3 is 14.5 Å². The minimum Gasteiger partial charge on any atom is -0.494 e. The van der Waals surface area contributed by atoms with E-state index in [4.69, 9.17) is 9.15 Å². The number of carbonyl (C=O) groups excluding carboxylic acids is 1. The van der Waals surface area contributed by atoms with Gasteiger partial charge in [-0.2, -0.15) is 0 Å². The van der Waals surface area contributed by atoms with Gasteiger partial charge in [0.15, 0.2) is 0 Å². The van der Waals surface area contributed by atoms with Crippen molar-refractivity contribution in [2.24, 2.45) is 0 Å². The topological polar surface area (TPSA) is 120 Å². The number of nitro groups is 1. The third kappa shape index (κ3) is 4.46. The van der Waals surface area contributed by atoms with Crippen LogP contribution in [0.2, 0.25) is 0 Å². The number of aromatic nitrogens is 2. The molecule has 0 saturated carbocycles. The molecule has 9 nitrogen and oxygen atoms in total. The van der Waals surface area contributed by atoms with Crippen LogP contribution in [0.5, 0.6) is 5.75 Å². The third-order valence-electron chi connectivity index (χ3n) is 3.73. The Morgan fingerprint density at radius 1 is 1.25 bits per heavy atom. The summed E-state index contributed by atoms with van der Waals surface area (Å²) < 4.78 is 10.7. The lowest BCUT2D eigenvalue weighted by molar-refractivity contribution is -0.384. The molecule has 0 aliphatic carbocycles. The van der Waals surface area contributed by atoms with Gasteiger partial charge in [0.1, 0.15) is 5.75 Å². The maximum atomic E-state index is 12.5. The molecule has 2 aromatic carbocycles. The third-order valence-corrected chi connectivity index (χ3v) is 4.66. The summed E-state index contributed by atoms with van der Waals surface area (Å²) in [6.07, 6.45) is 0. The van der Waals surface area contributed by atoms with Crippen LogP contribution in [0.1, 0.15) is 6.92 Å². The number of ether oxygens (including phenoxy) is 1. The average molecular weight is 400 g/mol. The number of hydrogen-bond donors (Lipinski definition) is 1. The molecular formula is C18H16N4O5S. The van der Waals surface area contributed by atoms with Crippen LogP contribution < -0.4 is 10.1 Å². The number of non-ortho nitro benzene ring substituents is 1. The molecule has 0 aliphatic heterocycles. The first-order valence-electron chi connectivity index (χ1n) is 8.17. The van der Waals surface area contributed by atoms with E-state index in [1.807, 2.05) is 30.3 Å². The van der Waals surface area contributed by atoms with Crippen molar-refractivity contribution < 1.29 is 18.9 Å². The molecule has 1 N–H and O–H groups in total. The molecule has 0 bridgehead atoms. The summed E-state index contributed by atoms with van der Waals surface area (Å²) >= 11 is 1.11. The predicted molar refractivity (Wildman–Crippen MR) is 103 cm³/mol. The zero-order chi connectivity index (χ0) is 20.1. The Morgan fingerprint density at radius 3 is 2.68 bits per heavy atom. The molecule has 0 spiro atoms. The quantitative estimate of drug-likeness (QED) is 0.361. The number of anilines is 1. The summed E-state index contributed by atoms with van der Waals surface area (Å²) in [5.74, 6) is 0.230. The molecule has 0 aliphatic rings. The second kappa shape index (κ2) is 8.53. The number of nitrogens with zero attached hydrogens (tertiary/aromatic N) is 3. The Balaban J connectivity index is 1.67. The van der Waals surface area contributed by atoms with Gasteiger partial charge in [0.25, 0.3) is 10.9 Å². The Labute approximate surface area is 164 Å². The van der Waals surface area contributed by atoms with Gasteiger partial charge in [-0.15, -0.1) is 10.2 Å². The van der Waals surface area contributed by atoms with Gasteiger partial charge in [0.2, 0.25) is 11.8 Å². The summed E-state index contributed by atoms with van der Waals surface area (Å²) in [5.41, 5.74) is 0.993. The van der Waals surface area contributed by atoms with Gasteiger partial charge >= 0.3 is 0 Å². The first-order chi connectivity index (χ1) is 13.5. The van der Waals surface area contributed by atoms with Crippen LogP contribution >= 0.6 is 11.8 Å². The van der Waals surface area contributed by atoms with Crippen molar-refractivity contribution in [3.63, 3.8) is 0 Å². The molecule has 10 heteroatoms. The maximum Gasteiger partial charge on any atom is 0.277 e. The van der Waals surface area contributed by atoms with Crippen molar-refractivity contribution in [3.05, 3.63) is 58.6 Å². The standard InChI is InChI=1S/C18H16N4O5S/c1-11(28-18-21-20-17(27-18)12-6-4-3-5-7-12)16(23)19-14-9-8-13(22(24)25)10-15(14)26-2/h3-11H,1-2H3,(H,19,23)/t11-/m1/s1. The predicted octanol–water partition coefficient (Wildman–Crippen LogP) is 3.77. The summed E-state index contributed by atoms with van der Waals surface area (Å²) in [7, 11) is 1.37. The number of thioether (sulfide) groups is 1. The molecule has 0 radical (unpaired) electrons. The Kier molecular flexibility index (Phi) is 5.90. The number of rotatable bonds is 7. The van der Waals surface area contributed by atoms with Gasteiger partial charge in [-0.25, -0.2) is 0 Å². The van der Waals surface area contributed by atoms with Crippen molar-refractivity contribution in [2.45, 2.75) is 17.4 Å². The number of carbonyl (C=O) groups is 1. The van der Waals surface area contributed by atoms with Gasteiger partial charge in [-0.1, -0.05) is 30.0 Å². The minimum absolute atomic E-state index is 0.128. The summed E-state index contributed by atoms with van der Waals surface area (Å²) in [6, 6.07) is 13.3. The van der Waals surface area contributed by atoms with E-state index in [0.29, 0.717) is 11.6 Å². The highest BCUT2D eigenvalue weighted by atomic mass is 32.2. The Morgan fingerprint density at radius 2 is 2.00 bits per heavy atom. The molecule has 3 aromatic rings. The van der Waals surface area contributed by atoms with Gasteiger partial charge in [0, 0.05) is 11.6 Å². The van der Waals surface area contributed by atoms with Gasteiger partial charge in [-0.3, -0.25) is 14.9 Å². The highest BCUT2D eigenvalue weighted by Gasteiger charge is 2.21. The second-order valence-corrected chi connectivity index (χ2v) is 6.92. The van der Waals surface area contributed by atoms with Gasteiger partial charge in [-0.05, 0) is 25.1 Å². The number of nitrogens with one attached hydrogen (secondary N) is 1. The van der Waals surface area contributed by atoms with E-state index in [0.717, 1.165) is 17.3 Å². The van der Waals surface area contributed by atoms with Crippen molar-refractivity contribution in [1.82, 2.24) is 10.2 Å². The number of benzene rings is 2. The fourth-order valence-corrected chi connectivity index (χ4v) is 2.97. The van der Waals surface area contributed by atoms with Crippen LogP contribution in [-0.4, -0.2) is 33.4 Å². The molecule has 28 heavy (non-hydrogen) atoms. The number of hydrogen-bond acceptors (Lipinski definition) is 8. The lowest BCUT2D eigenvalue weighted by Gasteiger charge is -2.12. The van der Waals surface area contributed by atoms with E-state index >= 15 is 0 Å². The molecule has 1 amide bonds. The molecule has 144 valence electrons. The second-order valence-electron chi connectivity index (χ2n) is 5.63. The first-order valence-corrected chi connectivity index (χ1v) is 9.04. The van der Waals surface area contributed by atoms with Crippen LogP contribution in [0.15, 0.2) is 58.2 Å². The van der Waals surface area contributed by atoms with E-state index < -0.39 is 10.2 Å². The highest BCUT2D eigenvalue weighted by Crippen LogP contribution is 2.31. The monoisotopic (exact) mass is 400 g/mol. The Hall–Kier alpha value is -3.40. The van der Waals surface area contributed by atoms with Crippen LogP contribution in [0.3, 0.4) is 0 Å². The van der Waals surface area contributed by atoms with E-state index in [9.17, 15) is 14.9 Å². The molecule has 1 atom stereocenters. The zero-order valence-corrected chi connectivity index (χ0v) is 15.8. The summed E-state index contributed by atoms with van der Waals surface area (Å²) in [4.78, 5) is 22.8. The highest BCUT2D eigenvalue weighted by molar-refractivity contribution is 8.00. The van der Waals surface area contributed by atoms with Crippen molar-refractivity contribution in [3.8, 4) is 17.2 Å². The largest absolute Gasteiger partial charge is 0.494 e. The van der Waals surface area contributed by atoms with E-state index in [1.165, 1.54) is 25.3 Å². The molecule has 1 aromatic heterocycles. The first kappa shape index (κ1) is 19.4. The average Bonchev–Trinajstić information content (AvgIpc) is 3.17. The lowest BCUT2D eigenvalue weighted by atomic mass is 10.2. The summed E-state index contributed by atoms with van der Waals surface area (Å²) in [6.45, 7) is 1.68. The molecule has 0 unspecified atom stereocenters. The maximum absolute atomic E-state index is 12.5. The molecule has 0 saturated heterocycles. The smallest absolute Gasteiger partial charge is 0.277 e. The van der Waals surface area contributed by atoms with E-state index in [1.54, 1.807) is 6.92 Å². The number of nitro benzene ring substituents is 1. The van der Waals surface area contributed by atoms with E-state index in [2.05, 4.69) is 15.5 Å². The SMILES string of the molecule is COc1cc([N+](=O)[O-])ccc1NC(=O)[C@@H](C)Sc1nnc(-c2ccccc2)o1. The Bertz CT molecular complexity index is 993. The van der Waals surface area contributed by atoms with Crippen molar-refractivity contribution in [1.29, 1.82) is 0 Å². The van der Waals surface area contributed by atoms with Crippen molar-refractivity contribution in [2.75, 3.05) is 12.4 Å². The number of methoxy groups -OCH3 is 1. The van der Waals surface area contributed by atoms with Crippen LogP contribution in [0.4, 0.5) is 11.4 Å². The fourth-order valence-electron chi connectivity index (χ4n) is 2.29. The lowest BCUT2D eigenvalue weighted by Crippen LogP contribution is -2.22. The van der Waals surface area contributed by atoms with E-state index in [-0.39, 0.29) is 22.6 Å². The zero-order valence-electron chi connectivity index (χ0n) is 15.0. The minimum atomic E-state index is -0.552. The molecule has 3 rings (SSSR count). The molecular weight excluding hydrogens is 384 g/mol.